The lowest BCUT2D eigenvalue weighted by molar-refractivity contribution is 0.0966. The van der Waals surface area contributed by atoms with Gasteiger partial charge in [-0.15, -0.1) is 0 Å². The highest BCUT2D eigenvalue weighted by atomic mass is 16.1. The van der Waals surface area contributed by atoms with Gasteiger partial charge >= 0.3 is 0 Å². The third-order valence-electron chi connectivity index (χ3n) is 5.81. The molecule has 1 amide bonds. The summed E-state index contributed by atoms with van der Waals surface area (Å²) in [4.78, 5) is 20.7. The van der Waals surface area contributed by atoms with Crippen LogP contribution in [0.25, 0.3) is 22.2 Å². The SMILES string of the molecule is CCCN(CC)Cc1ccc2[nH]c(-c3cc(CN(C)C)cc4c3C(=O)NC4)cc2c1. The van der Waals surface area contributed by atoms with Crippen LogP contribution in [-0.4, -0.2) is 47.9 Å². The van der Waals surface area contributed by atoms with E-state index in [1.165, 1.54) is 22.9 Å². The Morgan fingerprint density at radius 3 is 2.57 bits per heavy atom. The molecule has 4 rings (SSSR count). The molecule has 0 bridgehead atoms. The maximum Gasteiger partial charge on any atom is 0.252 e. The third kappa shape index (κ3) is 4.13. The third-order valence-corrected chi connectivity index (χ3v) is 5.81. The van der Waals surface area contributed by atoms with Crippen LogP contribution in [0.3, 0.4) is 0 Å². The van der Waals surface area contributed by atoms with E-state index in [-0.39, 0.29) is 5.91 Å². The molecular weight excluding hydrogens is 372 g/mol. The van der Waals surface area contributed by atoms with Gasteiger partial charge in [0.05, 0.1) is 5.56 Å². The Kier molecular flexibility index (Phi) is 5.93. The summed E-state index contributed by atoms with van der Waals surface area (Å²) in [6, 6.07) is 13.2. The lowest BCUT2D eigenvalue weighted by Crippen LogP contribution is -2.23. The van der Waals surface area contributed by atoms with Crippen LogP contribution in [0.4, 0.5) is 0 Å². The molecule has 2 aromatic carbocycles. The van der Waals surface area contributed by atoms with Crippen LogP contribution >= 0.6 is 0 Å². The lowest BCUT2D eigenvalue weighted by Gasteiger charge is -2.19. The van der Waals surface area contributed by atoms with Crippen molar-refractivity contribution in [1.29, 1.82) is 0 Å². The minimum atomic E-state index is 0.0221. The maximum atomic E-state index is 12.5. The quantitative estimate of drug-likeness (QED) is 0.586. The summed E-state index contributed by atoms with van der Waals surface area (Å²) in [7, 11) is 4.14. The Hall–Kier alpha value is -2.63. The van der Waals surface area contributed by atoms with E-state index in [2.05, 4.69) is 84.4 Å². The highest BCUT2D eigenvalue weighted by molar-refractivity contribution is 6.05. The van der Waals surface area contributed by atoms with Crippen LogP contribution in [0.5, 0.6) is 0 Å². The molecule has 5 heteroatoms. The minimum absolute atomic E-state index is 0.0221. The molecule has 0 aliphatic carbocycles. The summed E-state index contributed by atoms with van der Waals surface area (Å²) in [6.45, 7) is 9.05. The van der Waals surface area contributed by atoms with E-state index in [0.717, 1.165) is 54.1 Å². The first-order valence-corrected chi connectivity index (χ1v) is 10.9. The van der Waals surface area contributed by atoms with E-state index in [1.807, 2.05) is 0 Å². The number of benzene rings is 2. The summed E-state index contributed by atoms with van der Waals surface area (Å²) >= 11 is 0. The van der Waals surface area contributed by atoms with Crippen molar-refractivity contribution in [2.75, 3.05) is 27.2 Å². The van der Waals surface area contributed by atoms with Crippen molar-refractivity contribution < 1.29 is 4.79 Å². The first-order chi connectivity index (χ1) is 14.5. The summed E-state index contributed by atoms with van der Waals surface area (Å²) < 4.78 is 0. The van der Waals surface area contributed by atoms with E-state index in [0.29, 0.717) is 6.54 Å². The van der Waals surface area contributed by atoms with E-state index in [4.69, 9.17) is 0 Å². The van der Waals surface area contributed by atoms with Gasteiger partial charge in [0.25, 0.3) is 5.91 Å². The number of rotatable bonds is 8. The molecule has 30 heavy (non-hydrogen) atoms. The van der Waals surface area contributed by atoms with Crippen molar-refractivity contribution >= 4 is 16.8 Å². The highest BCUT2D eigenvalue weighted by Crippen LogP contribution is 2.33. The molecule has 0 unspecified atom stereocenters. The average molecular weight is 405 g/mol. The van der Waals surface area contributed by atoms with Crippen molar-refractivity contribution in [2.24, 2.45) is 0 Å². The zero-order valence-corrected chi connectivity index (χ0v) is 18.5. The average Bonchev–Trinajstić information content (AvgIpc) is 3.30. The number of nitrogens with one attached hydrogen (secondary N) is 2. The van der Waals surface area contributed by atoms with Crippen molar-refractivity contribution in [3.05, 3.63) is 58.7 Å². The molecule has 0 spiro atoms. The van der Waals surface area contributed by atoms with Gasteiger partial charge < -0.3 is 15.2 Å². The summed E-state index contributed by atoms with van der Waals surface area (Å²) in [5.74, 6) is 0.0221. The fourth-order valence-electron chi connectivity index (χ4n) is 4.46. The number of nitrogens with zero attached hydrogens (tertiary/aromatic N) is 2. The van der Waals surface area contributed by atoms with Crippen molar-refractivity contribution in [3.8, 4) is 11.3 Å². The van der Waals surface area contributed by atoms with Gasteiger partial charge in [0.15, 0.2) is 0 Å². The first-order valence-electron chi connectivity index (χ1n) is 10.9. The predicted octanol–water partition coefficient (Wildman–Crippen LogP) is 4.37. The number of H-pyrrole nitrogens is 1. The molecule has 0 fully saturated rings. The Bertz CT molecular complexity index is 1070. The molecule has 2 heterocycles. The number of aromatic nitrogens is 1. The molecular formula is C25H32N4O. The largest absolute Gasteiger partial charge is 0.355 e. The Morgan fingerprint density at radius 1 is 1.00 bits per heavy atom. The van der Waals surface area contributed by atoms with Crippen molar-refractivity contribution in [2.45, 2.75) is 39.9 Å². The molecule has 0 saturated carbocycles. The molecule has 1 aliphatic heterocycles. The van der Waals surface area contributed by atoms with Gasteiger partial charge in [-0.05, 0) is 74.6 Å². The maximum absolute atomic E-state index is 12.5. The Labute approximate surface area is 179 Å². The van der Waals surface area contributed by atoms with Gasteiger partial charge in [-0.3, -0.25) is 9.69 Å². The Balaban J connectivity index is 1.73. The first kappa shape index (κ1) is 20.6. The van der Waals surface area contributed by atoms with E-state index in [9.17, 15) is 4.79 Å². The number of amides is 1. The smallest absolute Gasteiger partial charge is 0.252 e. The topological polar surface area (TPSA) is 51.4 Å². The van der Waals surface area contributed by atoms with Crippen LogP contribution in [0, 0.1) is 0 Å². The predicted molar refractivity (Wildman–Crippen MR) is 124 cm³/mol. The second-order valence-corrected chi connectivity index (χ2v) is 8.57. The zero-order chi connectivity index (χ0) is 21.3. The minimum Gasteiger partial charge on any atom is -0.355 e. The normalized spacial score (nSPS) is 13.5. The van der Waals surface area contributed by atoms with Gasteiger partial charge in [0, 0.05) is 41.8 Å². The van der Waals surface area contributed by atoms with Crippen LogP contribution < -0.4 is 5.32 Å². The number of carbonyl (C=O) groups excluding carboxylic acids is 1. The van der Waals surface area contributed by atoms with Crippen LogP contribution in [0.15, 0.2) is 36.4 Å². The zero-order valence-electron chi connectivity index (χ0n) is 18.5. The molecule has 1 aliphatic rings. The van der Waals surface area contributed by atoms with Crippen LogP contribution in [0.2, 0.25) is 0 Å². The van der Waals surface area contributed by atoms with Gasteiger partial charge in [-0.1, -0.05) is 26.0 Å². The van der Waals surface area contributed by atoms with Crippen LogP contribution in [-0.2, 0) is 19.6 Å². The van der Waals surface area contributed by atoms with Crippen molar-refractivity contribution in [3.63, 3.8) is 0 Å². The van der Waals surface area contributed by atoms with Gasteiger partial charge in [0.2, 0.25) is 0 Å². The number of carbonyl (C=O) groups is 1. The summed E-state index contributed by atoms with van der Waals surface area (Å²) in [5, 5.41) is 4.18. The van der Waals surface area contributed by atoms with Crippen molar-refractivity contribution in [1.82, 2.24) is 20.1 Å². The number of hydrogen-bond acceptors (Lipinski definition) is 3. The molecule has 1 aromatic heterocycles. The molecule has 3 aromatic rings. The molecule has 2 N–H and O–H groups in total. The molecule has 0 saturated heterocycles. The fraction of sp³-hybridized carbons (Fsp3) is 0.400. The van der Waals surface area contributed by atoms with Crippen LogP contribution in [0.1, 0.15) is 47.3 Å². The number of fused-ring (bicyclic) bond motifs is 2. The molecule has 0 atom stereocenters. The second-order valence-electron chi connectivity index (χ2n) is 8.57. The standard InChI is InChI=1S/C25H32N4O/c1-5-9-29(6-2)16-17-7-8-22-19(10-17)13-23(27-22)21-12-18(15-28(3)4)11-20-14-26-25(30)24(20)21/h7-8,10-13,27H,5-6,9,14-16H2,1-4H3,(H,26,30). The number of hydrogen-bond donors (Lipinski definition) is 2. The molecule has 0 radical (unpaired) electrons. The summed E-state index contributed by atoms with van der Waals surface area (Å²) in [6.07, 6.45) is 1.17. The highest BCUT2D eigenvalue weighted by Gasteiger charge is 2.25. The monoisotopic (exact) mass is 404 g/mol. The number of aromatic amines is 1. The molecule has 5 nitrogen and oxygen atoms in total. The van der Waals surface area contributed by atoms with E-state index in [1.54, 1.807) is 0 Å². The molecule has 158 valence electrons. The lowest BCUT2D eigenvalue weighted by atomic mass is 9.97. The summed E-state index contributed by atoms with van der Waals surface area (Å²) in [5.41, 5.74) is 7.57. The van der Waals surface area contributed by atoms with Gasteiger partial charge in [-0.2, -0.15) is 0 Å². The van der Waals surface area contributed by atoms with Gasteiger partial charge in [-0.25, -0.2) is 0 Å². The second kappa shape index (κ2) is 8.62. The van der Waals surface area contributed by atoms with E-state index >= 15 is 0 Å². The van der Waals surface area contributed by atoms with Gasteiger partial charge in [0.1, 0.15) is 0 Å². The van der Waals surface area contributed by atoms with E-state index < -0.39 is 0 Å². The fourth-order valence-corrected chi connectivity index (χ4v) is 4.46. The Morgan fingerprint density at radius 2 is 1.83 bits per heavy atom.